The smallest absolute Gasteiger partial charge is 0.323 e. The highest BCUT2D eigenvalue weighted by molar-refractivity contribution is 5.99. The first-order valence-corrected chi connectivity index (χ1v) is 8.67. The zero-order valence-electron chi connectivity index (χ0n) is 15.1. The molecule has 144 valence electrons. The second-order valence-electron chi connectivity index (χ2n) is 6.09. The third-order valence-electron chi connectivity index (χ3n) is 3.86. The molecule has 1 aromatic carbocycles. The van der Waals surface area contributed by atoms with Gasteiger partial charge in [0.1, 0.15) is 11.6 Å². The van der Waals surface area contributed by atoms with Crippen LogP contribution in [0.2, 0.25) is 0 Å². The SMILES string of the molecule is CC(=O)N1CCCCC1.O=C(Nc1cccnc1)Nc1cc(O)cc(F)c1. The van der Waals surface area contributed by atoms with Crippen LogP contribution in [-0.4, -0.2) is 40.0 Å². The Labute approximate surface area is 157 Å². The molecule has 27 heavy (non-hydrogen) atoms. The van der Waals surface area contributed by atoms with Crippen molar-refractivity contribution in [1.82, 2.24) is 9.88 Å². The number of anilines is 2. The molecular weight excluding hydrogens is 351 g/mol. The predicted octanol–water partition coefficient (Wildman–Crippen LogP) is 3.59. The van der Waals surface area contributed by atoms with Gasteiger partial charge in [-0.3, -0.25) is 9.78 Å². The number of rotatable bonds is 2. The summed E-state index contributed by atoms with van der Waals surface area (Å²) in [6.45, 7) is 3.61. The standard InChI is InChI=1S/C12H10FN3O2.C7H13NO/c13-8-4-10(6-11(17)5-8)16-12(18)15-9-2-1-3-14-7-9;1-7(9)8-5-3-2-4-6-8/h1-7,17H,(H2,15,16,18);2-6H2,1H3. The van der Waals surface area contributed by atoms with Gasteiger partial charge in [0.05, 0.1) is 11.9 Å². The average molecular weight is 374 g/mol. The van der Waals surface area contributed by atoms with E-state index >= 15 is 0 Å². The van der Waals surface area contributed by atoms with Crippen LogP contribution in [0.1, 0.15) is 26.2 Å². The zero-order chi connectivity index (χ0) is 19.6. The Morgan fingerprint density at radius 2 is 1.81 bits per heavy atom. The van der Waals surface area contributed by atoms with E-state index in [0.717, 1.165) is 25.2 Å². The van der Waals surface area contributed by atoms with Crippen molar-refractivity contribution in [3.05, 3.63) is 48.5 Å². The molecule has 1 aromatic heterocycles. The number of amides is 3. The summed E-state index contributed by atoms with van der Waals surface area (Å²) < 4.78 is 13.0. The molecule has 0 atom stereocenters. The van der Waals surface area contributed by atoms with Crippen LogP contribution in [-0.2, 0) is 4.79 Å². The van der Waals surface area contributed by atoms with Crippen molar-refractivity contribution >= 4 is 23.3 Å². The van der Waals surface area contributed by atoms with Crippen LogP contribution < -0.4 is 10.6 Å². The Morgan fingerprint density at radius 1 is 1.11 bits per heavy atom. The van der Waals surface area contributed by atoms with Crippen LogP contribution >= 0.6 is 0 Å². The van der Waals surface area contributed by atoms with E-state index in [-0.39, 0.29) is 17.3 Å². The van der Waals surface area contributed by atoms with Crippen molar-refractivity contribution in [1.29, 1.82) is 0 Å². The molecule has 0 aliphatic carbocycles. The average Bonchev–Trinajstić information content (AvgIpc) is 2.63. The van der Waals surface area contributed by atoms with Gasteiger partial charge in [-0.2, -0.15) is 0 Å². The predicted molar refractivity (Wildman–Crippen MR) is 101 cm³/mol. The number of piperidine rings is 1. The number of urea groups is 1. The maximum atomic E-state index is 13.0. The highest BCUT2D eigenvalue weighted by Crippen LogP contribution is 2.18. The highest BCUT2D eigenvalue weighted by atomic mass is 19.1. The molecule has 0 bridgehead atoms. The molecule has 0 radical (unpaired) electrons. The van der Waals surface area contributed by atoms with Crippen molar-refractivity contribution in [3.63, 3.8) is 0 Å². The molecule has 0 spiro atoms. The molecule has 3 N–H and O–H groups in total. The summed E-state index contributed by atoms with van der Waals surface area (Å²) in [7, 11) is 0. The lowest BCUT2D eigenvalue weighted by Crippen LogP contribution is -2.33. The van der Waals surface area contributed by atoms with Gasteiger partial charge < -0.3 is 20.6 Å². The molecular formula is C19H23FN4O3. The minimum Gasteiger partial charge on any atom is -0.508 e. The maximum absolute atomic E-state index is 13.0. The Hall–Kier alpha value is -3.16. The number of likely N-dealkylation sites (tertiary alicyclic amines) is 1. The molecule has 3 rings (SSSR count). The van der Waals surface area contributed by atoms with E-state index < -0.39 is 11.8 Å². The first kappa shape index (κ1) is 20.2. The van der Waals surface area contributed by atoms with Crippen molar-refractivity contribution < 1.29 is 19.1 Å². The Kier molecular flexibility index (Phi) is 7.54. The molecule has 3 amide bonds. The summed E-state index contributed by atoms with van der Waals surface area (Å²) in [5.74, 6) is -0.659. The van der Waals surface area contributed by atoms with Gasteiger partial charge in [0.25, 0.3) is 0 Å². The summed E-state index contributed by atoms with van der Waals surface area (Å²) >= 11 is 0. The number of aromatic hydroxyl groups is 1. The number of phenolic OH excluding ortho intramolecular Hbond substituents is 1. The lowest BCUT2D eigenvalue weighted by molar-refractivity contribution is -0.129. The zero-order valence-corrected chi connectivity index (χ0v) is 15.1. The largest absolute Gasteiger partial charge is 0.508 e. The van der Waals surface area contributed by atoms with E-state index in [1.54, 1.807) is 25.3 Å². The second-order valence-corrected chi connectivity index (χ2v) is 6.09. The lowest BCUT2D eigenvalue weighted by atomic mass is 10.1. The van der Waals surface area contributed by atoms with E-state index in [4.69, 9.17) is 0 Å². The molecule has 1 aliphatic rings. The van der Waals surface area contributed by atoms with Gasteiger partial charge in [0.15, 0.2) is 0 Å². The normalized spacial score (nSPS) is 13.2. The fraction of sp³-hybridized carbons (Fsp3) is 0.316. The lowest BCUT2D eigenvalue weighted by Gasteiger charge is -2.24. The minimum atomic E-state index is -0.633. The molecule has 1 fully saturated rings. The number of carbonyl (C=O) groups excluding carboxylic acids is 2. The summed E-state index contributed by atoms with van der Waals surface area (Å²) in [5, 5.41) is 14.1. The van der Waals surface area contributed by atoms with Crippen LogP contribution in [0.4, 0.5) is 20.6 Å². The number of hydrogen-bond acceptors (Lipinski definition) is 4. The molecule has 2 heterocycles. The summed E-state index contributed by atoms with van der Waals surface area (Å²) in [6.07, 6.45) is 6.74. The van der Waals surface area contributed by atoms with Crippen LogP contribution in [0.5, 0.6) is 5.75 Å². The third-order valence-corrected chi connectivity index (χ3v) is 3.86. The minimum absolute atomic E-state index is 0.161. The van der Waals surface area contributed by atoms with E-state index in [1.807, 2.05) is 4.90 Å². The molecule has 1 saturated heterocycles. The van der Waals surface area contributed by atoms with Gasteiger partial charge in [-0.1, -0.05) is 0 Å². The van der Waals surface area contributed by atoms with Crippen LogP contribution in [0.15, 0.2) is 42.7 Å². The molecule has 8 heteroatoms. The van der Waals surface area contributed by atoms with Crippen LogP contribution in [0, 0.1) is 5.82 Å². The van der Waals surface area contributed by atoms with Crippen molar-refractivity contribution in [2.75, 3.05) is 23.7 Å². The number of aromatic nitrogens is 1. The fourth-order valence-corrected chi connectivity index (χ4v) is 2.59. The molecule has 7 nitrogen and oxygen atoms in total. The van der Waals surface area contributed by atoms with Gasteiger partial charge in [-0.15, -0.1) is 0 Å². The Balaban J connectivity index is 0.000000244. The molecule has 0 saturated carbocycles. The number of halogens is 1. The first-order valence-electron chi connectivity index (χ1n) is 8.67. The topological polar surface area (TPSA) is 94.6 Å². The quantitative estimate of drug-likeness (QED) is 0.749. The number of phenols is 1. The highest BCUT2D eigenvalue weighted by Gasteiger charge is 2.11. The fourth-order valence-electron chi connectivity index (χ4n) is 2.59. The monoisotopic (exact) mass is 374 g/mol. The second kappa shape index (κ2) is 10.1. The number of nitrogens with zero attached hydrogens (tertiary/aromatic N) is 2. The maximum Gasteiger partial charge on any atom is 0.323 e. The van der Waals surface area contributed by atoms with Gasteiger partial charge in [0.2, 0.25) is 5.91 Å². The summed E-state index contributed by atoms with van der Waals surface area (Å²) in [5.41, 5.74) is 0.671. The summed E-state index contributed by atoms with van der Waals surface area (Å²) in [4.78, 5) is 28.0. The van der Waals surface area contributed by atoms with Gasteiger partial charge >= 0.3 is 6.03 Å². The third kappa shape index (κ3) is 7.31. The van der Waals surface area contributed by atoms with Crippen molar-refractivity contribution in [2.45, 2.75) is 26.2 Å². The summed E-state index contributed by atoms with van der Waals surface area (Å²) in [6, 6.07) is 6.07. The number of pyridine rings is 1. The number of carbonyl (C=O) groups is 2. The van der Waals surface area contributed by atoms with Gasteiger partial charge in [-0.25, -0.2) is 9.18 Å². The van der Waals surface area contributed by atoms with Crippen LogP contribution in [0.25, 0.3) is 0 Å². The number of nitrogens with one attached hydrogen (secondary N) is 2. The van der Waals surface area contributed by atoms with E-state index in [9.17, 15) is 19.1 Å². The molecule has 1 aliphatic heterocycles. The van der Waals surface area contributed by atoms with E-state index in [1.165, 1.54) is 31.5 Å². The van der Waals surface area contributed by atoms with Crippen molar-refractivity contribution in [2.24, 2.45) is 0 Å². The van der Waals surface area contributed by atoms with Gasteiger partial charge in [0, 0.05) is 44.0 Å². The van der Waals surface area contributed by atoms with Crippen LogP contribution in [0.3, 0.4) is 0 Å². The molecule has 0 unspecified atom stereocenters. The van der Waals surface area contributed by atoms with E-state index in [0.29, 0.717) is 5.69 Å². The Morgan fingerprint density at radius 3 is 2.37 bits per heavy atom. The Bertz CT molecular complexity index is 745. The first-order chi connectivity index (χ1) is 12.9. The van der Waals surface area contributed by atoms with Gasteiger partial charge in [-0.05, 0) is 37.5 Å². The van der Waals surface area contributed by atoms with E-state index in [2.05, 4.69) is 15.6 Å². The number of hydrogen-bond donors (Lipinski definition) is 3. The molecule has 2 aromatic rings. The van der Waals surface area contributed by atoms with Crippen molar-refractivity contribution in [3.8, 4) is 5.75 Å². The number of benzene rings is 1.